The van der Waals surface area contributed by atoms with Gasteiger partial charge < -0.3 is 8.99 Å². The fraction of sp³-hybridized carbons (Fsp3) is 1.00. The molecule has 1 aliphatic heterocycles. The van der Waals surface area contributed by atoms with Gasteiger partial charge in [0.1, 0.15) is 0 Å². The zero-order valence-corrected chi connectivity index (χ0v) is 14.2. The molecule has 0 aromatic heterocycles. The summed E-state index contributed by atoms with van der Waals surface area (Å²) in [6, 6.07) is 1.36. The van der Waals surface area contributed by atoms with Gasteiger partial charge in [-0.05, 0) is 40.5 Å². The van der Waals surface area contributed by atoms with Crippen molar-refractivity contribution < 1.29 is 4.43 Å². The Morgan fingerprint density at radius 3 is 2.07 bits per heavy atom. The van der Waals surface area contributed by atoms with Gasteiger partial charge in [-0.2, -0.15) is 0 Å². The standard InChI is InChI=1S/C9H25NOSi3/c1-9(2)8-13(5,6)12-14(7,11-9)10(3)4/h8,12H2,1-7H3. The highest BCUT2D eigenvalue weighted by Crippen LogP contribution is 2.34. The van der Waals surface area contributed by atoms with Gasteiger partial charge in [0.25, 0.3) is 0 Å². The van der Waals surface area contributed by atoms with Gasteiger partial charge in [0.2, 0.25) is 8.00 Å². The summed E-state index contributed by atoms with van der Waals surface area (Å²) in [6.45, 7) is 12.1. The van der Waals surface area contributed by atoms with Gasteiger partial charge in [-0.25, -0.2) is 0 Å². The first-order valence-corrected chi connectivity index (χ1v) is 15.7. The highest BCUT2D eigenvalue weighted by atomic mass is 29.6. The van der Waals surface area contributed by atoms with Gasteiger partial charge in [-0.15, -0.1) is 0 Å². The van der Waals surface area contributed by atoms with Crippen molar-refractivity contribution in [3.63, 3.8) is 0 Å². The molecular formula is C9H25NOSi3. The molecule has 84 valence electrons. The molecule has 0 radical (unpaired) electrons. The van der Waals surface area contributed by atoms with Gasteiger partial charge in [-0.3, -0.25) is 0 Å². The van der Waals surface area contributed by atoms with Crippen LogP contribution in [-0.2, 0) is 4.43 Å². The van der Waals surface area contributed by atoms with E-state index < -0.39 is 15.6 Å². The molecule has 1 atom stereocenters. The molecule has 0 amide bonds. The minimum absolute atomic E-state index is 0.0191. The Morgan fingerprint density at radius 1 is 1.21 bits per heavy atom. The third-order valence-electron chi connectivity index (χ3n) is 3.15. The first-order chi connectivity index (χ1) is 6.06. The van der Waals surface area contributed by atoms with E-state index >= 15 is 0 Å². The average Bonchev–Trinajstić information content (AvgIpc) is 1.76. The van der Waals surface area contributed by atoms with Crippen molar-refractivity contribution in [1.29, 1.82) is 0 Å². The maximum Gasteiger partial charge on any atom is 0.241 e. The summed E-state index contributed by atoms with van der Waals surface area (Å²) in [4.78, 5) is 0. The Balaban J connectivity index is 2.92. The number of nitrogens with zero attached hydrogens (tertiary/aromatic N) is 1. The molecule has 1 saturated heterocycles. The van der Waals surface area contributed by atoms with Crippen molar-refractivity contribution >= 4 is 24.1 Å². The minimum atomic E-state index is -1.45. The van der Waals surface area contributed by atoms with Crippen molar-refractivity contribution in [2.75, 3.05) is 14.1 Å². The lowest BCUT2D eigenvalue weighted by molar-refractivity contribution is 0.106. The topological polar surface area (TPSA) is 12.5 Å². The predicted octanol–water partition coefficient (Wildman–Crippen LogP) is 1.30. The Morgan fingerprint density at radius 2 is 1.71 bits per heavy atom. The molecule has 0 aromatic carbocycles. The van der Waals surface area contributed by atoms with Crippen LogP contribution >= 0.6 is 0 Å². The van der Waals surface area contributed by atoms with Crippen molar-refractivity contribution in [2.45, 2.75) is 45.1 Å². The van der Waals surface area contributed by atoms with Crippen LogP contribution in [-0.4, -0.2) is 48.4 Å². The van der Waals surface area contributed by atoms with Crippen LogP contribution < -0.4 is 0 Å². The third-order valence-corrected chi connectivity index (χ3v) is 31.9. The van der Waals surface area contributed by atoms with Crippen molar-refractivity contribution in [3.8, 4) is 0 Å². The summed E-state index contributed by atoms with van der Waals surface area (Å²) in [5, 5.41) is 0. The maximum absolute atomic E-state index is 6.42. The van der Waals surface area contributed by atoms with Crippen LogP contribution in [0.15, 0.2) is 0 Å². The number of hydrogen-bond acceptors (Lipinski definition) is 2. The summed E-state index contributed by atoms with van der Waals surface area (Å²) in [5.74, 6) is 0. The zero-order chi connectivity index (χ0) is 11.2. The third kappa shape index (κ3) is 2.79. The van der Waals surface area contributed by atoms with E-state index in [-0.39, 0.29) is 14.2 Å². The van der Waals surface area contributed by atoms with Crippen molar-refractivity contribution in [3.05, 3.63) is 0 Å². The SMILES string of the molecule is CN(C)[Si]1(C)OC(C)(C)C[Si](C)(C)[SiH2]1. The van der Waals surface area contributed by atoms with E-state index in [1.807, 2.05) is 0 Å². The van der Waals surface area contributed by atoms with Crippen LogP contribution in [0.25, 0.3) is 0 Å². The Labute approximate surface area is 92.6 Å². The first kappa shape index (κ1) is 12.6. The lowest BCUT2D eigenvalue weighted by Gasteiger charge is -2.51. The van der Waals surface area contributed by atoms with E-state index in [0.29, 0.717) is 0 Å². The first-order valence-electron chi connectivity index (χ1n) is 5.44. The highest BCUT2D eigenvalue weighted by Gasteiger charge is 2.50. The Bertz CT molecular complexity index is 212. The van der Waals surface area contributed by atoms with Gasteiger partial charge in [-0.1, -0.05) is 13.1 Å². The smallest absolute Gasteiger partial charge is 0.241 e. The largest absolute Gasteiger partial charge is 0.402 e. The number of rotatable bonds is 1. The zero-order valence-electron chi connectivity index (χ0n) is 10.8. The molecule has 0 aromatic rings. The summed E-state index contributed by atoms with van der Waals surface area (Å²) in [6.07, 6.45) is 0. The highest BCUT2D eigenvalue weighted by molar-refractivity contribution is 7.51. The molecule has 5 heteroatoms. The van der Waals surface area contributed by atoms with Crippen LogP contribution in [0.5, 0.6) is 0 Å². The van der Waals surface area contributed by atoms with Gasteiger partial charge in [0.05, 0.1) is 8.55 Å². The summed E-state index contributed by atoms with van der Waals surface area (Å²) in [7, 11) is 2.10. The molecule has 0 aliphatic carbocycles. The van der Waals surface area contributed by atoms with Gasteiger partial charge in [0, 0.05) is 13.2 Å². The predicted molar refractivity (Wildman–Crippen MR) is 71.3 cm³/mol. The lowest BCUT2D eigenvalue weighted by Crippen LogP contribution is -2.70. The fourth-order valence-corrected chi connectivity index (χ4v) is 39.7. The van der Waals surface area contributed by atoms with E-state index in [0.717, 1.165) is 0 Å². The molecule has 0 spiro atoms. The normalized spacial score (nSPS) is 37.7. The molecule has 0 bridgehead atoms. The van der Waals surface area contributed by atoms with Crippen LogP contribution in [0.1, 0.15) is 13.8 Å². The second-order valence-corrected chi connectivity index (χ2v) is 28.9. The van der Waals surface area contributed by atoms with E-state index in [2.05, 4.69) is 52.1 Å². The average molecular weight is 248 g/mol. The molecule has 1 aliphatic rings. The molecule has 1 rings (SSSR count). The Kier molecular flexibility index (Phi) is 3.21. The second kappa shape index (κ2) is 3.55. The van der Waals surface area contributed by atoms with E-state index in [9.17, 15) is 0 Å². The molecule has 14 heavy (non-hydrogen) atoms. The summed E-state index contributed by atoms with van der Waals surface area (Å²) >= 11 is 0. The van der Waals surface area contributed by atoms with Crippen molar-refractivity contribution in [2.24, 2.45) is 0 Å². The van der Waals surface area contributed by atoms with Crippen molar-refractivity contribution in [1.82, 2.24) is 4.57 Å². The monoisotopic (exact) mass is 247 g/mol. The summed E-state index contributed by atoms with van der Waals surface area (Å²) < 4.78 is 8.85. The van der Waals surface area contributed by atoms with Crippen LogP contribution in [0.4, 0.5) is 0 Å². The molecule has 2 nitrogen and oxygen atoms in total. The molecule has 1 unspecified atom stereocenters. The quantitative estimate of drug-likeness (QED) is 0.648. The van der Waals surface area contributed by atoms with E-state index in [1.165, 1.54) is 6.04 Å². The minimum Gasteiger partial charge on any atom is -0.402 e. The Hall–Kier alpha value is 0.571. The molecule has 0 N–H and O–H groups in total. The van der Waals surface area contributed by atoms with Crippen LogP contribution in [0, 0.1) is 0 Å². The van der Waals surface area contributed by atoms with Gasteiger partial charge in [0.15, 0.2) is 0 Å². The molecule has 0 saturated carbocycles. The van der Waals surface area contributed by atoms with Crippen LogP contribution in [0.2, 0.25) is 25.7 Å². The molecule has 1 heterocycles. The van der Waals surface area contributed by atoms with Crippen LogP contribution in [0.3, 0.4) is 0 Å². The number of hydrogen-bond donors (Lipinski definition) is 0. The maximum atomic E-state index is 6.42. The van der Waals surface area contributed by atoms with E-state index in [4.69, 9.17) is 4.43 Å². The molecular weight excluding hydrogens is 222 g/mol. The van der Waals surface area contributed by atoms with Gasteiger partial charge >= 0.3 is 0 Å². The van der Waals surface area contributed by atoms with E-state index in [1.54, 1.807) is 0 Å². The molecule has 1 fully saturated rings. The fourth-order valence-electron chi connectivity index (χ4n) is 3.02. The summed E-state index contributed by atoms with van der Waals surface area (Å²) in [5.41, 5.74) is 0.145. The lowest BCUT2D eigenvalue weighted by atomic mass is 10.2. The second-order valence-electron chi connectivity index (χ2n) is 6.45.